The van der Waals surface area contributed by atoms with Crippen LogP contribution in [0, 0.1) is 16.0 Å². The van der Waals surface area contributed by atoms with Gasteiger partial charge in [-0.05, 0) is 24.6 Å². The first-order valence-electron chi connectivity index (χ1n) is 4.96. The van der Waals surface area contributed by atoms with Gasteiger partial charge in [0.15, 0.2) is 0 Å². The molecule has 0 unspecified atom stereocenters. The summed E-state index contributed by atoms with van der Waals surface area (Å²) in [7, 11) is 0. The molecule has 5 nitrogen and oxygen atoms in total. The van der Waals surface area contributed by atoms with E-state index in [9.17, 15) is 20.0 Å². The maximum Gasteiger partial charge on any atom is 0.269 e. The van der Waals surface area contributed by atoms with Crippen LogP contribution in [0.2, 0.25) is 0 Å². The van der Waals surface area contributed by atoms with E-state index in [-0.39, 0.29) is 11.5 Å². The van der Waals surface area contributed by atoms with Crippen molar-refractivity contribution >= 4 is 27.4 Å². The highest BCUT2D eigenvalue weighted by Gasteiger charge is 2.24. The third-order valence-corrected chi connectivity index (χ3v) is 3.21. The number of nitrogens with zero attached hydrogens (tertiary/aromatic N) is 1. The summed E-state index contributed by atoms with van der Waals surface area (Å²) in [5.41, 5.74) is 0.453. The molecular weight excluding hydrogens is 290 g/mol. The van der Waals surface area contributed by atoms with E-state index >= 15 is 0 Å². The van der Waals surface area contributed by atoms with Crippen molar-refractivity contribution in [2.75, 3.05) is 5.33 Å². The van der Waals surface area contributed by atoms with E-state index in [1.54, 1.807) is 0 Å². The lowest BCUT2D eigenvalue weighted by Gasteiger charge is -2.18. The van der Waals surface area contributed by atoms with Crippen LogP contribution >= 0.6 is 15.9 Å². The average Bonchev–Trinajstić information content (AvgIpc) is 2.29. The maximum absolute atomic E-state index is 11.3. The lowest BCUT2D eigenvalue weighted by atomic mass is 9.94. The minimum atomic E-state index is -0.951. The molecule has 17 heavy (non-hydrogen) atoms. The fourth-order valence-electron chi connectivity index (χ4n) is 1.44. The normalized spacial score (nSPS) is 14.1. The maximum atomic E-state index is 11.3. The second-order valence-corrected chi connectivity index (χ2v) is 4.31. The number of aliphatic hydroxyl groups excluding tert-OH is 1. The quantitative estimate of drug-likeness (QED) is 0.514. The monoisotopic (exact) mass is 301 g/mol. The van der Waals surface area contributed by atoms with E-state index in [0.29, 0.717) is 10.9 Å². The van der Waals surface area contributed by atoms with Gasteiger partial charge < -0.3 is 5.11 Å². The Labute approximate surface area is 107 Å². The highest BCUT2D eigenvalue weighted by molar-refractivity contribution is 9.09. The molecule has 1 N–H and O–H groups in total. The molecule has 0 fully saturated rings. The summed E-state index contributed by atoms with van der Waals surface area (Å²) in [6.07, 6.45) is -0.951. The zero-order valence-electron chi connectivity index (χ0n) is 9.17. The van der Waals surface area contributed by atoms with Crippen molar-refractivity contribution in [1.29, 1.82) is 0 Å². The van der Waals surface area contributed by atoms with Crippen LogP contribution in [0.1, 0.15) is 18.6 Å². The van der Waals surface area contributed by atoms with Crippen LogP contribution in [0.3, 0.4) is 0 Å². The van der Waals surface area contributed by atoms with Gasteiger partial charge in [0.05, 0.1) is 16.9 Å². The van der Waals surface area contributed by atoms with Crippen molar-refractivity contribution in [2.45, 2.75) is 13.0 Å². The molecular formula is C11H12BrNO4. The molecule has 0 aliphatic heterocycles. The molecule has 0 radical (unpaired) electrons. The Balaban J connectivity index is 2.92. The number of hydrogen-bond donors (Lipinski definition) is 1. The van der Waals surface area contributed by atoms with E-state index in [1.807, 2.05) is 0 Å². The van der Waals surface area contributed by atoms with Gasteiger partial charge in [-0.15, -0.1) is 0 Å². The number of carbonyl (C=O) groups is 1. The SMILES string of the molecule is CC(=O)[C@@H](CBr)[C@H](O)c1ccc([N+](=O)[O-])cc1. The smallest absolute Gasteiger partial charge is 0.269 e. The van der Waals surface area contributed by atoms with Crippen LogP contribution in [0.5, 0.6) is 0 Å². The second-order valence-electron chi connectivity index (χ2n) is 3.66. The van der Waals surface area contributed by atoms with Crippen molar-refractivity contribution in [2.24, 2.45) is 5.92 Å². The van der Waals surface area contributed by atoms with Gasteiger partial charge in [0.1, 0.15) is 5.78 Å². The Hall–Kier alpha value is -1.27. The number of hydrogen-bond acceptors (Lipinski definition) is 4. The minimum absolute atomic E-state index is 0.0424. The van der Waals surface area contributed by atoms with Crippen molar-refractivity contribution in [3.05, 3.63) is 39.9 Å². The Bertz CT molecular complexity index is 418. The highest BCUT2D eigenvalue weighted by Crippen LogP contribution is 2.26. The van der Waals surface area contributed by atoms with Gasteiger partial charge in [-0.2, -0.15) is 0 Å². The zero-order chi connectivity index (χ0) is 13.0. The molecule has 0 saturated carbocycles. The number of non-ortho nitro benzene ring substituents is 1. The molecule has 0 spiro atoms. The van der Waals surface area contributed by atoms with Gasteiger partial charge >= 0.3 is 0 Å². The minimum Gasteiger partial charge on any atom is -0.388 e. The zero-order valence-corrected chi connectivity index (χ0v) is 10.8. The topological polar surface area (TPSA) is 80.4 Å². The Morgan fingerprint density at radius 3 is 2.35 bits per heavy atom. The summed E-state index contributed by atoms with van der Waals surface area (Å²) in [5.74, 6) is -0.677. The lowest BCUT2D eigenvalue weighted by Crippen LogP contribution is -2.21. The summed E-state index contributed by atoms with van der Waals surface area (Å²) in [6.45, 7) is 1.40. The standard InChI is InChI=1S/C11H12BrNO4/c1-7(14)10(6-12)11(15)8-2-4-9(5-3-8)13(16)17/h2-5,10-11,15H,6H2,1H3/t10-,11-/m1/s1. The number of carbonyl (C=O) groups excluding carboxylic acids is 1. The number of halogens is 1. The summed E-state index contributed by atoms with van der Waals surface area (Å²) in [4.78, 5) is 21.2. The van der Waals surface area contributed by atoms with Crippen LogP contribution in [-0.2, 0) is 4.79 Å². The molecule has 0 amide bonds. The molecule has 6 heteroatoms. The lowest BCUT2D eigenvalue weighted by molar-refractivity contribution is -0.384. The van der Waals surface area contributed by atoms with Gasteiger partial charge in [-0.25, -0.2) is 0 Å². The number of nitro groups is 1. The average molecular weight is 302 g/mol. The van der Waals surface area contributed by atoms with Gasteiger partial charge in [0, 0.05) is 17.5 Å². The fraction of sp³-hybridized carbons (Fsp3) is 0.364. The van der Waals surface area contributed by atoms with Crippen LogP contribution in [0.15, 0.2) is 24.3 Å². The van der Waals surface area contributed by atoms with E-state index in [0.717, 1.165) is 0 Å². The van der Waals surface area contributed by atoms with Gasteiger partial charge in [0.2, 0.25) is 0 Å². The number of alkyl halides is 1. The number of aliphatic hydroxyl groups is 1. The number of benzene rings is 1. The predicted molar refractivity (Wildman–Crippen MR) is 66.0 cm³/mol. The molecule has 1 aromatic rings. The molecule has 92 valence electrons. The molecule has 0 heterocycles. The molecule has 0 aliphatic carbocycles. The van der Waals surface area contributed by atoms with Crippen LogP contribution in [-0.4, -0.2) is 21.1 Å². The van der Waals surface area contributed by atoms with Gasteiger partial charge in [0.25, 0.3) is 5.69 Å². The van der Waals surface area contributed by atoms with Crippen molar-refractivity contribution < 1.29 is 14.8 Å². The molecule has 0 aromatic heterocycles. The first-order valence-corrected chi connectivity index (χ1v) is 6.08. The number of rotatable bonds is 5. The van der Waals surface area contributed by atoms with E-state index in [4.69, 9.17) is 0 Å². The van der Waals surface area contributed by atoms with Gasteiger partial charge in [-0.1, -0.05) is 15.9 Å². The number of nitro benzene ring substituents is 1. The summed E-state index contributed by atoms with van der Waals surface area (Å²) in [6, 6.07) is 5.54. The van der Waals surface area contributed by atoms with Crippen molar-refractivity contribution in [3.63, 3.8) is 0 Å². The van der Waals surface area contributed by atoms with Crippen molar-refractivity contribution in [1.82, 2.24) is 0 Å². The van der Waals surface area contributed by atoms with Crippen LogP contribution in [0.4, 0.5) is 5.69 Å². The van der Waals surface area contributed by atoms with Crippen LogP contribution in [0.25, 0.3) is 0 Å². The predicted octanol–water partition coefficient (Wildman–Crippen LogP) is 2.23. The molecule has 0 aliphatic rings. The first-order chi connectivity index (χ1) is 7.97. The molecule has 0 bridgehead atoms. The van der Waals surface area contributed by atoms with E-state index in [1.165, 1.54) is 31.2 Å². The van der Waals surface area contributed by atoms with Crippen LogP contribution < -0.4 is 0 Å². The fourth-order valence-corrected chi connectivity index (χ4v) is 2.25. The molecule has 2 atom stereocenters. The molecule has 0 saturated heterocycles. The third-order valence-electron chi connectivity index (χ3n) is 2.51. The number of ketones is 1. The van der Waals surface area contributed by atoms with Gasteiger partial charge in [-0.3, -0.25) is 14.9 Å². The third kappa shape index (κ3) is 3.34. The van der Waals surface area contributed by atoms with E-state index in [2.05, 4.69) is 15.9 Å². The Kier molecular flexibility index (Phi) is 4.77. The summed E-state index contributed by atoms with van der Waals surface area (Å²) in [5, 5.41) is 20.8. The molecule has 1 rings (SSSR count). The molecule has 1 aromatic carbocycles. The Morgan fingerprint density at radius 2 is 2.00 bits per heavy atom. The summed E-state index contributed by atoms with van der Waals surface area (Å²) >= 11 is 3.16. The summed E-state index contributed by atoms with van der Waals surface area (Å²) < 4.78 is 0. The number of Topliss-reactive ketones (excluding diaryl/α,β-unsaturated/α-hetero) is 1. The largest absolute Gasteiger partial charge is 0.388 e. The van der Waals surface area contributed by atoms with Crippen molar-refractivity contribution in [3.8, 4) is 0 Å². The second kappa shape index (κ2) is 5.88. The van der Waals surface area contributed by atoms with E-state index < -0.39 is 16.9 Å². The first kappa shape index (κ1) is 13.8. The Morgan fingerprint density at radius 1 is 1.47 bits per heavy atom. The highest BCUT2D eigenvalue weighted by atomic mass is 79.9.